The zero-order valence-electron chi connectivity index (χ0n) is 15.6. The maximum Gasteiger partial charge on any atom is 0.160 e. The van der Waals surface area contributed by atoms with Crippen LogP contribution in [-0.2, 0) is 16.1 Å². The molecule has 0 radical (unpaired) electrons. The second-order valence-corrected chi connectivity index (χ2v) is 7.88. The number of ether oxygens (including phenoxy) is 2. The highest BCUT2D eigenvalue weighted by molar-refractivity contribution is 5.25. The Bertz CT molecular complexity index is 485. The third-order valence-corrected chi connectivity index (χ3v) is 5.97. The van der Waals surface area contributed by atoms with Crippen molar-refractivity contribution in [3.8, 4) is 0 Å². The molecule has 0 bridgehead atoms. The molecule has 0 N–H and O–H groups in total. The van der Waals surface area contributed by atoms with Crippen molar-refractivity contribution in [1.29, 1.82) is 0 Å². The smallest absolute Gasteiger partial charge is 0.160 e. The van der Waals surface area contributed by atoms with E-state index in [2.05, 4.69) is 19.1 Å². The molecule has 0 aromatic heterocycles. The van der Waals surface area contributed by atoms with Gasteiger partial charge in [-0.1, -0.05) is 50.5 Å². The lowest BCUT2D eigenvalue weighted by Crippen LogP contribution is -2.38. The summed E-state index contributed by atoms with van der Waals surface area (Å²) in [6, 6.07) is 8.06. The summed E-state index contributed by atoms with van der Waals surface area (Å²) in [5.41, 5.74) is 2.13. The molecule has 2 aliphatic rings. The lowest BCUT2D eigenvalue weighted by molar-refractivity contribution is -0.229. The molecule has 1 aliphatic carbocycles. The zero-order chi connectivity index (χ0) is 17.5. The number of hydrogen-bond acceptors (Lipinski definition) is 2. The molecule has 3 rings (SSSR count). The van der Waals surface area contributed by atoms with E-state index in [1.807, 2.05) is 12.1 Å². The van der Waals surface area contributed by atoms with Gasteiger partial charge in [-0.25, -0.2) is 4.39 Å². The van der Waals surface area contributed by atoms with E-state index < -0.39 is 0 Å². The Balaban J connectivity index is 1.40. The molecule has 25 heavy (non-hydrogen) atoms. The summed E-state index contributed by atoms with van der Waals surface area (Å²) in [5.74, 6) is 1.74. The third-order valence-electron chi connectivity index (χ3n) is 5.97. The number of benzene rings is 1. The molecule has 140 valence electrons. The van der Waals surface area contributed by atoms with Crippen LogP contribution in [0.2, 0.25) is 0 Å². The molecule has 1 saturated carbocycles. The molecule has 1 aromatic rings. The van der Waals surface area contributed by atoms with E-state index in [0.29, 0.717) is 17.8 Å². The van der Waals surface area contributed by atoms with Gasteiger partial charge in [-0.15, -0.1) is 0 Å². The third kappa shape index (κ3) is 5.27. The van der Waals surface area contributed by atoms with Crippen LogP contribution in [0.4, 0.5) is 4.39 Å². The van der Waals surface area contributed by atoms with Crippen molar-refractivity contribution in [2.24, 2.45) is 11.8 Å². The topological polar surface area (TPSA) is 18.5 Å². The van der Waals surface area contributed by atoms with Gasteiger partial charge in [0, 0.05) is 11.8 Å². The number of rotatable bonds is 7. The van der Waals surface area contributed by atoms with Crippen molar-refractivity contribution in [1.82, 2.24) is 0 Å². The van der Waals surface area contributed by atoms with Gasteiger partial charge in [0.2, 0.25) is 0 Å². The SMILES string of the molecule is CCCCCC1COC(C2CCC(c3ccc(CF)cc3)CC2)OC1. The average Bonchev–Trinajstić information content (AvgIpc) is 2.69. The van der Waals surface area contributed by atoms with Crippen molar-refractivity contribution in [3.05, 3.63) is 35.4 Å². The van der Waals surface area contributed by atoms with Crippen LogP contribution in [0.5, 0.6) is 0 Å². The molecule has 0 atom stereocenters. The highest BCUT2D eigenvalue weighted by Crippen LogP contribution is 2.39. The van der Waals surface area contributed by atoms with E-state index in [1.165, 1.54) is 56.9 Å². The van der Waals surface area contributed by atoms with E-state index in [1.54, 1.807) is 0 Å². The predicted molar refractivity (Wildman–Crippen MR) is 99.3 cm³/mol. The van der Waals surface area contributed by atoms with E-state index in [9.17, 15) is 4.39 Å². The second-order valence-electron chi connectivity index (χ2n) is 7.88. The van der Waals surface area contributed by atoms with Gasteiger partial charge in [0.15, 0.2) is 6.29 Å². The van der Waals surface area contributed by atoms with Gasteiger partial charge < -0.3 is 9.47 Å². The Labute approximate surface area is 152 Å². The fourth-order valence-corrected chi connectivity index (χ4v) is 4.28. The minimum atomic E-state index is -0.372. The van der Waals surface area contributed by atoms with Crippen LogP contribution < -0.4 is 0 Å². The average molecular weight is 349 g/mol. The van der Waals surface area contributed by atoms with Crippen LogP contribution in [0.1, 0.15) is 75.3 Å². The molecule has 2 fully saturated rings. The highest BCUT2D eigenvalue weighted by atomic mass is 19.1. The molecule has 1 heterocycles. The fraction of sp³-hybridized carbons (Fsp3) is 0.727. The van der Waals surface area contributed by atoms with Gasteiger partial charge in [0.1, 0.15) is 6.67 Å². The largest absolute Gasteiger partial charge is 0.352 e. The summed E-state index contributed by atoms with van der Waals surface area (Å²) in [4.78, 5) is 0. The van der Waals surface area contributed by atoms with Crippen LogP contribution in [0.3, 0.4) is 0 Å². The first kappa shape index (κ1) is 18.8. The fourth-order valence-electron chi connectivity index (χ4n) is 4.28. The van der Waals surface area contributed by atoms with Crippen molar-refractivity contribution < 1.29 is 13.9 Å². The summed E-state index contributed by atoms with van der Waals surface area (Å²) in [6.45, 7) is 3.62. The second kappa shape index (κ2) is 9.68. The van der Waals surface area contributed by atoms with Gasteiger partial charge in [0.05, 0.1) is 13.2 Å². The molecule has 3 heteroatoms. The summed E-state index contributed by atoms with van der Waals surface area (Å²) in [6.07, 6.45) is 9.84. The Hall–Kier alpha value is -0.930. The summed E-state index contributed by atoms with van der Waals surface area (Å²) in [7, 11) is 0. The maximum atomic E-state index is 12.6. The zero-order valence-corrected chi connectivity index (χ0v) is 15.6. The molecule has 1 aliphatic heterocycles. The molecule has 2 nitrogen and oxygen atoms in total. The lowest BCUT2D eigenvalue weighted by Gasteiger charge is -2.37. The molecular formula is C22H33FO2. The Morgan fingerprint density at radius 2 is 1.64 bits per heavy atom. The molecule has 1 aromatic carbocycles. The number of hydrogen-bond donors (Lipinski definition) is 0. The van der Waals surface area contributed by atoms with Gasteiger partial charge in [0.25, 0.3) is 0 Å². The predicted octanol–water partition coefficient (Wildman–Crippen LogP) is 6.00. The summed E-state index contributed by atoms with van der Waals surface area (Å²) in [5, 5.41) is 0. The molecule has 0 spiro atoms. The normalized spacial score (nSPS) is 30.3. The summed E-state index contributed by atoms with van der Waals surface area (Å²) >= 11 is 0. The van der Waals surface area contributed by atoms with Gasteiger partial charge >= 0.3 is 0 Å². The number of unbranched alkanes of at least 4 members (excludes halogenated alkanes) is 2. The molecule has 0 amide bonds. The monoisotopic (exact) mass is 348 g/mol. The van der Waals surface area contributed by atoms with Crippen LogP contribution in [0.15, 0.2) is 24.3 Å². The van der Waals surface area contributed by atoms with Crippen LogP contribution in [-0.4, -0.2) is 19.5 Å². The minimum absolute atomic E-state index is 0.0114. The first-order chi connectivity index (χ1) is 12.3. The van der Waals surface area contributed by atoms with Crippen LogP contribution in [0.25, 0.3) is 0 Å². The Kier molecular flexibility index (Phi) is 7.30. The maximum absolute atomic E-state index is 12.6. The van der Waals surface area contributed by atoms with E-state index in [4.69, 9.17) is 9.47 Å². The van der Waals surface area contributed by atoms with Crippen molar-refractivity contribution >= 4 is 0 Å². The molecule has 1 saturated heterocycles. The van der Waals surface area contributed by atoms with Crippen molar-refractivity contribution in [2.45, 2.75) is 77.2 Å². The standard InChI is InChI=1S/C22H33FO2/c1-2-3-4-5-18-15-24-22(25-16-18)21-12-10-20(11-13-21)19-8-6-17(14-23)7-9-19/h6-9,18,20-22H,2-5,10-16H2,1H3. The van der Waals surface area contributed by atoms with Gasteiger partial charge in [-0.05, 0) is 49.1 Å². The van der Waals surface area contributed by atoms with Crippen LogP contribution >= 0.6 is 0 Å². The first-order valence-corrected chi connectivity index (χ1v) is 10.2. The first-order valence-electron chi connectivity index (χ1n) is 10.2. The van der Waals surface area contributed by atoms with E-state index in [-0.39, 0.29) is 13.0 Å². The lowest BCUT2D eigenvalue weighted by atomic mass is 9.78. The Morgan fingerprint density at radius 1 is 0.960 bits per heavy atom. The minimum Gasteiger partial charge on any atom is -0.352 e. The van der Waals surface area contributed by atoms with Gasteiger partial charge in [-0.2, -0.15) is 0 Å². The van der Waals surface area contributed by atoms with E-state index >= 15 is 0 Å². The van der Waals surface area contributed by atoms with Crippen LogP contribution in [0, 0.1) is 11.8 Å². The van der Waals surface area contributed by atoms with Crippen molar-refractivity contribution in [2.75, 3.05) is 13.2 Å². The summed E-state index contributed by atoms with van der Waals surface area (Å²) < 4.78 is 24.8. The van der Waals surface area contributed by atoms with Gasteiger partial charge in [-0.3, -0.25) is 0 Å². The molecular weight excluding hydrogens is 315 g/mol. The highest BCUT2D eigenvalue weighted by Gasteiger charge is 2.32. The quantitative estimate of drug-likeness (QED) is 0.563. The molecule has 0 unspecified atom stereocenters. The van der Waals surface area contributed by atoms with E-state index in [0.717, 1.165) is 18.8 Å². The van der Waals surface area contributed by atoms with Crippen molar-refractivity contribution in [3.63, 3.8) is 0 Å². The Morgan fingerprint density at radius 3 is 2.24 bits per heavy atom. The number of halogens is 1. The number of alkyl halides is 1.